The molecule has 0 unspecified atom stereocenters. The standard InChI is InChI=1S/C17H15Cl6NO4/c1-6(25)28-3-2-24-13(26)7-4-9-10(5-8(7)14(24)27)16(21)12(19)11(18)15(9,20)17(16,22)23/h7-10H,2-5H2,1H3/t7-,8+,9+,10-,15-,16-/m1/s1. The first-order chi connectivity index (χ1) is 12.9. The highest BCUT2D eigenvalue weighted by Crippen LogP contribution is 2.79. The van der Waals surface area contributed by atoms with Crippen LogP contribution in [0.3, 0.4) is 0 Å². The van der Waals surface area contributed by atoms with Crippen LogP contribution in [0.2, 0.25) is 0 Å². The zero-order valence-electron chi connectivity index (χ0n) is 14.5. The summed E-state index contributed by atoms with van der Waals surface area (Å²) in [6.07, 6.45) is 0.535. The second kappa shape index (κ2) is 6.54. The van der Waals surface area contributed by atoms with E-state index in [0.29, 0.717) is 0 Å². The lowest BCUT2D eigenvalue weighted by Crippen LogP contribution is -2.44. The SMILES string of the molecule is CC(=O)OCCN1C(=O)[C@H]2C[C@@H]3[C@H](C[C@H]2C1=O)[C@@]1(Cl)C(Cl)=C(Cl)[C@@]3(Cl)C1(Cl)Cl. The van der Waals surface area contributed by atoms with Gasteiger partial charge >= 0.3 is 5.97 Å². The molecule has 0 spiro atoms. The van der Waals surface area contributed by atoms with Gasteiger partial charge in [0.05, 0.1) is 28.4 Å². The molecule has 11 heteroatoms. The molecular formula is C17H15Cl6NO4. The third-order valence-electron chi connectivity index (χ3n) is 6.54. The molecule has 5 nitrogen and oxygen atoms in total. The summed E-state index contributed by atoms with van der Waals surface area (Å²) in [7, 11) is 0. The zero-order chi connectivity index (χ0) is 20.8. The van der Waals surface area contributed by atoms with Crippen molar-refractivity contribution in [3.8, 4) is 0 Å². The molecule has 4 rings (SSSR count). The van der Waals surface area contributed by atoms with E-state index in [-0.39, 0.29) is 47.9 Å². The number of likely N-dealkylation sites (tertiary alicyclic amines) is 1. The van der Waals surface area contributed by atoms with Crippen LogP contribution in [-0.2, 0) is 19.1 Å². The molecule has 0 aromatic carbocycles. The summed E-state index contributed by atoms with van der Waals surface area (Å²) in [6, 6.07) is 0. The summed E-state index contributed by atoms with van der Waals surface area (Å²) >= 11 is 39.6. The van der Waals surface area contributed by atoms with Gasteiger partial charge in [-0.05, 0) is 24.7 Å². The van der Waals surface area contributed by atoms with E-state index < -0.39 is 43.7 Å². The highest BCUT2D eigenvalue weighted by molar-refractivity contribution is 6.65. The fraction of sp³-hybridized carbons (Fsp3) is 0.706. The minimum absolute atomic E-state index is 0.00628. The van der Waals surface area contributed by atoms with Gasteiger partial charge in [0.1, 0.15) is 16.4 Å². The van der Waals surface area contributed by atoms with Gasteiger partial charge in [-0.1, -0.05) is 46.4 Å². The van der Waals surface area contributed by atoms with Crippen molar-refractivity contribution in [3.63, 3.8) is 0 Å². The molecule has 28 heavy (non-hydrogen) atoms. The lowest BCUT2D eigenvalue weighted by Gasteiger charge is -2.42. The Morgan fingerprint density at radius 3 is 1.82 bits per heavy atom. The van der Waals surface area contributed by atoms with E-state index in [9.17, 15) is 14.4 Å². The molecule has 2 bridgehead atoms. The van der Waals surface area contributed by atoms with E-state index in [2.05, 4.69) is 0 Å². The van der Waals surface area contributed by atoms with Gasteiger partial charge in [-0.15, -0.1) is 23.2 Å². The van der Waals surface area contributed by atoms with Crippen LogP contribution in [0.15, 0.2) is 10.1 Å². The molecule has 1 aliphatic heterocycles. The molecule has 3 fully saturated rings. The molecule has 0 N–H and O–H groups in total. The van der Waals surface area contributed by atoms with E-state index in [0.717, 1.165) is 4.90 Å². The van der Waals surface area contributed by atoms with Crippen LogP contribution < -0.4 is 0 Å². The number of alkyl halides is 4. The number of carbonyl (C=O) groups excluding carboxylic acids is 3. The Labute approximate surface area is 191 Å². The predicted octanol–water partition coefficient (Wildman–Crippen LogP) is 4.02. The maximum absolute atomic E-state index is 12.9. The van der Waals surface area contributed by atoms with Crippen molar-refractivity contribution < 1.29 is 19.1 Å². The number of nitrogens with zero attached hydrogens (tertiary/aromatic N) is 1. The Morgan fingerprint density at radius 2 is 1.43 bits per heavy atom. The Morgan fingerprint density at radius 1 is 1.00 bits per heavy atom. The molecule has 154 valence electrons. The predicted molar refractivity (Wildman–Crippen MR) is 107 cm³/mol. The number of esters is 1. The van der Waals surface area contributed by atoms with Crippen molar-refractivity contribution in [1.82, 2.24) is 4.90 Å². The minimum Gasteiger partial charge on any atom is -0.464 e. The summed E-state index contributed by atoms with van der Waals surface area (Å²) in [6.45, 7) is 1.21. The van der Waals surface area contributed by atoms with Gasteiger partial charge in [-0.3, -0.25) is 19.3 Å². The number of amides is 2. The van der Waals surface area contributed by atoms with E-state index >= 15 is 0 Å². The summed E-state index contributed by atoms with van der Waals surface area (Å²) in [4.78, 5) is 34.9. The molecule has 2 amide bonds. The fourth-order valence-electron chi connectivity index (χ4n) is 5.29. The second-order valence-electron chi connectivity index (χ2n) is 7.69. The normalized spacial score (nSPS) is 43.5. The van der Waals surface area contributed by atoms with Crippen LogP contribution in [0.1, 0.15) is 19.8 Å². The lowest BCUT2D eigenvalue weighted by atomic mass is 9.65. The molecule has 1 saturated heterocycles. The number of allylic oxidation sites excluding steroid dienone is 2. The minimum atomic E-state index is -1.67. The monoisotopic (exact) mass is 507 g/mol. The summed E-state index contributed by atoms with van der Waals surface area (Å²) in [5, 5.41) is 0.193. The molecular weight excluding hydrogens is 495 g/mol. The van der Waals surface area contributed by atoms with Gasteiger partial charge in [0.2, 0.25) is 11.8 Å². The molecule has 0 aromatic heterocycles. The van der Waals surface area contributed by atoms with Crippen LogP contribution in [0.5, 0.6) is 0 Å². The van der Waals surface area contributed by atoms with Crippen LogP contribution in [0.25, 0.3) is 0 Å². The Balaban J connectivity index is 1.64. The summed E-state index contributed by atoms with van der Waals surface area (Å²) < 4.78 is 3.18. The van der Waals surface area contributed by atoms with Gasteiger partial charge in [-0.2, -0.15) is 0 Å². The third-order valence-corrected chi connectivity index (χ3v) is 10.9. The number of hydrogen-bond donors (Lipinski definition) is 0. The molecule has 3 aliphatic carbocycles. The van der Waals surface area contributed by atoms with Crippen molar-refractivity contribution in [2.75, 3.05) is 13.2 Å². The highest BCUT2D eigenvalue weighted by atomic mass is 35.5. The number of imide groups is 1. The zero-order valence-corrected chi connectivity index (χ0v) is 19.0. The smallest absolute Gasteiger partial charge is 0.302 e. The van der Waals surface area contributed by atoms with Gasteiger partial charge in [0, 0.05) is 6.92 Å². The molecule has 0 radical (unpaired) electrons. The number of carbonyl (C=O) groups is 3. The van der Waals surface area contributed by atoms with E-state index in [1.165, 1.54) is 6.92 Å². The Bertz CT molecular complexity index is 776. The number of hydrogen-bond acceptors (Lipinski definition) is 4. The molecule has 4 aliphatic rings. The number of rotatable bonds is 3. The van der Waals surface area contributed by atoms with Gasteiger partial charge in [0.25, 0.3) is 0 Å². The lowest BCUT2D eigenvalue weighted by molar-refractivity contribution is -0.147. The summed E-state index contributed by atoms with van der Waals surface area (Å²) in [5.74, 6) is -3.11. The Hall–Kier alpha value is 0.0900. The molecule has 0 aromatic rings. The van der Waals surface area contributed by atoms with Gasteiger partial charge in [0.15, 0.2) is 4.33 Å². The largest absolute Gasteiger partial charge is 0.464 e. The Kier molecular flexibility index (Phi) is 4.98. The van der Waals surface area contributed by atoms with Crippen LogP contribution in [0, 0.1) is 23.7 Å². The molecule has 6 atom stereocenters. The van der Waals surface area contributed by atoms with E-state index in [1.807, 2.05) is 0 Å². The average molecular weight is 510 g/mol. The van der Waals surface area contributed by atoms with E-state index in [1.54, 1.807) is 0 Å². The number of halogens is 6. The molecule has 1 heterocycles. The van der Waals surface area contributed by atoms with Crippen molar-refractivity contribution in [2.24, 2.45) is 23.7 Å². The quantitative estimate of drug-likeness (QED) is 0.327. The third kappa shape index (κ3) is 2.32. The van der Waals surface area contributed by atoms with Crippen LogP contribution in [-0.4, -0.2) is 49.9 Å². The van der Waals surface area contributed by atoms with Gasteiger partial charge < -0.3 is 4.74 Å². The first-order valence-electron chi connectivity index (χ1n) is 8.71. The first kappa shape index (κ1) is 21.3. The van der Waals surface area contributed by atoms with Crippen molar-refractivity contribution >= 4 is 87.4 Å². The fourth-order valence-corrected chi connectivity index (χ4v) is 8.40. The van der Waals surface area contributed by atoms with E-state index in [4.69, 9.17) is 74.3 Å². The van der Waals surface area contributed by atoms with Crippen molar-refractivity contribution in [1.29, 1.82) is 0 Å². The second-order valence-corrected chi connectivity index (χ2v) is 11.0. The van der Waals surface area contributed by atoms with Gasteiger partial charge in [-0.25, -0.2) is 0 Å². The topological polar surface area (TPSA) is 63.7 Å². The first-order valence-corrected chi connectivity index (χ1v) is 11.0. The average Bonchev–Trinajstić information content (AvgIpc) is 2.98. The maximum atomic E-state index is 12.9. The van der Waals surface area contributed by atoms with Crippen molar-refractivity contribution in [3.05, 3.63) is 10.1 Å². The van der Waals surface area contributed by atoms with Crippen LogP contribution in [0.4, 0.5) is 0 Å². The van der Waals surface area contributed by atoms with Crippen LogP contribution >= 0.6 is 69.6 Å². The number of fused-ring (bicyclic) bond motifs is 6. The van der Waals surface area contributed by atoms with Crippen molar-refractivity contribution in [2.45, 2.75) is 33.8 Å². The maximum Gasteiger partial charge on any atom is 0.302 e. The number of ether oxygens (including phenoxy) is 1. The highest BCUT2D eigenvalue weighted by Gasteiger charge is 2.83. The summed E-state index contributed by atoms with van der Waals surface area (Å²) in [5.41, 5.74) is 0. The molecule has 2 saturated carbocycles.